The zero-order chi connectivity index (χ0) is 15.5. The van der Waals surface area contributed by atoms with Crippen LogP contribution in [0.1, 0.15) is 31.9 Å². The lowest BCUT2D eigenvalue weighted by Gasteiger charge is -2.37. The summed E-state index contributed by atoms with van der Waals surface area (Å²) < 4.78 is 5.88. The molecule has 114 valence electrons. The molecule has 0 saturated heterocycles. The Labute approximate surface area is 131 Å². The second kappa shape index (κ2) is 6.22. The van der Waals surface area contributed by atoms with Crippen LogP contribution in [0.3, 0.4) is 0 Å². The molecular formula is C19H21NO2. The van der Waals surface area contributed by atoms with Gasteiger partial charge in [-0.3, -0.25) is 9.69 Å². The third-order valence-corrected chi connectivity index (χ3v) is 3.87. The van der Waals surface area contributed by atoms with E-state index in [1.165, 1.54) is 0 Å². The normalized spacial score (nSPS) is 17.0. The Kier molecular flexibility index (Phi) is 4.14. The van der Waals surface area contributed by atoms with E-state index in [1.54, 1.807) is 0 Å². The molecule has 2 aromatic rings. The van der Waals surface area contributed by atoms with E-state index in [2.05, 4.69) is 26.0 Å². The third kappa shape index (κ3) is 2.84. The van der Waals surface area contributed by atoms with Gasteiger partial charge in [0.1, 0.15) is 12.4 Å². The minimum Gasteiger partial charge on any atom is -0.489 e. The van der Waals surface area contributed by atoms with Crippen LogP contribution in [-0.2, 0) is 4.79 Å². The van der Waals surface area contributed by atoms with Crippen molar-refractivity contribution in [2.45, 2.75) is 26.3 Å². The largest absolute Gasteiger partial charge is 0.489 e. The maximum atomic E-state index is 12.8. The first kappa shape index (κ1) is 14.6. The van der Waals surface area contributed by atoms with Crippen molar-refractivity contribution in [1.29, 1.82) is 0 Å². The maximum absolute atomic E-state index is 12.8. The standard InChI is InChI=1S/C19H21NO2/c1-14(2)12-19(21)20-16-10-6-7-11-18(16)22-13-17(20)15-8-4-3-5-9-15/h3-11,14,17H,12-13H2,1-2H3. The fourth-order valence-electron chi connectivity index (χ4n) is 2.87. The van der Waals surface area contributed by atoms with Crippen molar-refractivity contribution < 1.29 is 9.53 Å². The lowest BCUT2D eigenvalue weighted by Crippen LogP contribution is -2.41. The molecule has 0 spiro atoms. The number of para-hydroxylation sites is 2. The van der Waals surface area contributed by atoms with E-state index < -0.39 is 0 Å². The smallest absolute Gasteiger partial charge is 0.228 e. The third-order valence-electron chi connectivity index (χ3n) is 3.87. The van der Waals surface area contributed by atoms with Gasteiger partial charge in [0, 0.05) is 6.42 Å². The molecule has 22 heavy (non-hydrogen) atoms. The SMILES string of the molecule is CC(C)CC(=O)N1c2ccccc2OCC1c1ccccc1. The van der Waals surface area contributed by atoms with Gasteiger partial charge in [-0.2, -0.15) is 0 Å². The number of fused-ring (bicyclic) bond motifs is 1. The minimum atomic E-state index is -0.0673. The van der Waals surface area contributed by atoms with Crippen molar-refractivity contribution in [3.05, 3.63) is 60.2 Å². The number of ether oxygens (including phenoxy) is 1. The van der Waals surface area contributed by atoms with Gasteiger partial charge < -0.3 is 4.74 Å². The van der Waals surface area contributed by atoms with Gasteiger partial charge in [-0.25, -0.2) is 0 Å². The number of carbonyl (C=O) groups is 1. The number of amides is 1. The summed E-state index contributed by atoms with van der Waals surface area (Å²) in [5.41, 5.74) is 1.97. The van der Waals surface area contributed by atoms with Gasteiger partial charge in [-0.15, -0.1) is 0 Å². The molecule has 0 radical (unpaired) electrons. The fourth-order valence-corrected chi connectivity index (χ4v) is 2.87. The Morgan fingerprint density at radius 2 is 1.82 bits per heavy atom. The molecule has 1 unspecified atom stereocenters. The summed E-state index contributed by atoms with van der Waals surface area (Å²) in [6.07, 6.45) is 0.539. The number of hydrogen-bond acceptors (Lipinski definition) is 2. The number of hydrogen-bond donors (Lipinski definition) is 0. The highest BCUT2D eigenvalue weighted by Crippen LogP contribution is 2.39. The molecular weight excluding hydrogens is 274 g/mol. The summed E-state index contributed by atoms with van der Waals surface area (Å²) in [4.78, 5) is 14.7. The second-order valence-electron chi connectivity index (χ2n) is 6.07. The number of benzene rings is 2. The Morgan fingerprint density at radius 3 is 2.55 bits per heavy atom. The molecule has 1 amide bonds. The number of nitrogens with zero attached hydrogens (tertiary/aromatic N) is 1. The first-order chi connectivity index (χ1) is 10.7. The van der Waals surface area contributed by atoms with Gasteiger partial charge in [0.15, 0.2) is 0 Å². The lowest BCUT2D eigenvalue weighted by molar-refractivity contribution is -0.120. The van der Waals surface area contributed by atoms with Crippen LogP contribution in [0.5, 0.6) is 5.75 Å². The minimum absolute atomic E-state index is 0.0673. The monoisotopic (exact) mass is 295 g/mol. The fraction of sp³-hybridized carbons (Fsp3) is 0.316. The molecule has 1 heterocycles. The molecule has 3 rings (SSSR count). The molecule has 3 nitrogen and oxygen atoms in total. The first-order valence-electron chi connectivity index (χ1n) is 7.75. The number of anilines is 1. The highest BCUT2D eigenvalue weighted by atomic mass is 16.5. The van der Waals surface area contributed by atoms with Gasteiger partial charge in [0.2, 0.25) is 5.91 Å². The van der Waals surface area contributed by atoms with Gasteiger partial charge >= 0.3 is 0 Å². The van der Waals surface area contributed by atoms with E-state index in [0.29, 0.717) is 18.9 Å². The highest BCUT2D eigenvalue weighted by Gasteiger charge is 2.33. The van der Waals surface area contributed by atoms with E-state index in [1.807, 2.05) is 47.4 Å². The molecule has 0 bridgehead atoms. The number of carbonyl (C=O) groups excluding carboxylic acids is 1. The Morgan fingerprint density at radius 1 is 1.14 bits per heavy atom. The predicted molar refractivity (Wildman–Crippen MR) is 88.1 cm³/mol. The molecule has 0 aliphatic carbocycles. The summed E-state index contributed by atoms with van der Waals surface area (Å²) in [7, 11) is 0. The van der Waals surface area contributed by atoms with E-state index in [9.17, 15) is 4.79 Å². The van der Waals surface area contributed by atoms with Crippen LogP contribution in [0.15, 0.2) is 54.6 Å². The van der Waals surface area contributed by atoms with E-state index >= 15 is 0 Å². The van der Waals surface area contributed by atoms with Gasteiger partial charge in [-0.05, 0) is 23.6 Å². The second-order valence-corrected chi connectivity index (χ2v) is 6.07. The zero-order valence-corrected chi connectivity index (χ0v) is 13.0. The molecule has 0 aromatic heterocycles. The topological polar surface area (TPSA) is 29.5 Å². The average molecular weight is 295 g/mol. The van der Waals surface area contributed by atoms with Crippen molar-refractivity contribution >= 4 is 11.6 Å². The van der Waals surface area contributed by atoms with E-state index in [4.69, 9.17) is 4.74 Å². The molecule has 0 N–H and O–H groups in total. The zero-order valence-electron chi connectivity index (χ0n) is 13.0. The van der Waals surface area contributed by atoms with Gasteiger partial charge in [0.25, 0.3) is 0 Å². The van der Waals surface area contributed by atoms with Crippen LogP contribution in [0, 0.1) is 5.92 Å². The van der Waals surface area contributed by atoms with Gasteiger partial charge in [-0.1, -0.05) is 56.3 Å². The van der Waals surface area contributed by atoms with Crippen LogP contribution < -0.4 is 9.64 Å². The van der Waals surface area contributed by atoms with E-state index in [-0.39, 0.29) is 11.9 Å². The Hall–Kier alpha value is -2.29. The lowest BCUT2D eigenvalue weighted by atomic mass is 10.0. The molecule has 1 aliphatic rings. The van der Waals surface area contributed by atoms with Crippen molar-refractivity contribution in [1.82, 2.24) is 0 Å². The first-order valence-corrected chi connectivity index (χ1v) is 7.75. The summed E-state index contributed by atoms with van der Waals surface area (Å²) >= 11 is 0. The molecule has 3 heteroatoms. The van der Waals surface area contributed by atoms with E-state index in [0.717, 1.165) is 17.0 Å². The summed E-state index contributed by atoms with van der Waals surface area (Å²) in [5, 5.41) is 0. The molecule has 1 aliphatic heterocycles. The highest BCUT2D eigenvalue weighted by molar-refractivity contribution is 5.96. The molecule has 2 aromatic carbocycles. The Bertz CT molecular complexity index is 651. The van der Waals surface area contributed by atoms with Crippen LogP contribution in [0.25, 0.3) is 0 Å². The Balaban J connectivity index is 2.01. The van der Waals surface area contributed by atoms with Crippen LogP contribution in [-0.4, -0.2) is 12.5 Å². The van der Waals surface area contributed by atoms with Crippen molar-refractivity contribution in [2.75, 3.05) is 11.5 Å². The number of rotatable bonds is 3. The van der Waals surface area contributed by atoms with Crippen molar-refractivity contribution in [2.24, 2.45) is 5.92 Å². The van der Waals surface area contributed by atoms with Crippen LogP contribution in [0.4, 0.5) is 5.69 Å². The van der Waals surface area contributed by atoms with Crippen LogP contribution >= 0.6 is 0 Å². The average Bonchev–Trinajstić information content (AvgIpc) is 2.54. The van der Waals surface area contributed by atoms with Gasteiger partial charge in [0.05, 0.1) is 11.7 Å². The molecule has 0 saturated carbocycles. The van der Waals surface area contributed by atoms with Crippen molar-refractivity contribution in [3.8, 4) is 5.75 Å². The van der Waals surface area contributed by atoms with Crippen LogP contribution in [0.2, 0.25) is 0 Å². The maximum Gasteiger partial charge on any atom is 0.228 e. The molecule has 1 atom stereocenters. The summed E-state index contributed by atoms with van der Waals surface area (Å²) in [6.45, 7) is 4.63. The molecule has 0 fully saturated rings. The quantitative estimate of drug-likeness (QED) is 0.849. The van der Waals surface area contributed by atoms with Crippen molar-refractivity contribution in [3.63, 3.8) is 0 Å². The summed E-state index contributed by atoms with van der Waals surface area (Å²) in [5.74, 6) is 1.27. The predicted octanol–water partition coefficient (Wildman–Crippen LogP) is 4.20. The summed E-state index contributed by atoms with van der Waals surface area (Å²) in [6, 6.07) is 17.8.